The highest BCUT2D eigenvalue weighted by molar-refractivity contribution is 6.30. The maximum atomic E-state index is 11.0. The van der Waals surface area contributed by atoms with E-state index in [0.29, 0.717) is 11.7 Å². The van der Waals surface area contributed by atoms with Gasteiger partial charge in [0.25, 0.3) is 0 Å². The molecule has 1 aliphatic rings. The van der Waals surface area contributed by atoms with Crippen LogP contribution in [0.2, 0.25) is 5.02 Å². The lowest BCUT2D eigenvalue weighted by Crippen LogP contribution is -1.94. The molecule has 0 radical (unpaired) electrons. The highest BCUT2D eigenvalue weighted by atomic mass is 35.5. The van der Waals surface area contributed by atoms with Gasteiger partial charge >= 0.3 is 0 Å². The lowest BCUT2D eigenvalue weighted by Gasteiger charge is -1.98. The smallest absolute Gasteiger partial charge is 0.133 e. The first-order chi connectivity index (χ1) is 6.18. The van der Waals surface area contributed by atoms with Gasteiger partial charge in [0.1, 0.15) is 5.78 Å². The Morgan fingerprint density at radius 1 is 1.54 bits per heavy atom. The number of carbonyl (C=O) groups is 1. The summed E-state index contributed by atoms with van der Waals surface area (Å²) >= 11 is 5.86. The van der Waals surface area contributed by atoms with Crippen LogP contribution in [0.5, 0.6) is 0 Å². The third-order valence-electron chi connectivity index (χ3n) is 2.59. The predicted molar refractivity (Wildman–Crippen MR) is 53.0 cm³/mol. The van der Waals surface area contributed by atoms with Crippen LogP contribution in [-0.2, 0) is 4.79 Å². The summed E-state index contributed by atoms with van der Waals surface area (Å²) in [4.78, 5) is 11.0. The number of halogens is 1. The van der Waals surface area contributed by atoms with Gasteiger partial charge < -0.3 is 0 Å². The molecule has 1 fully saturated rings. The summed E-state index contributed by atoms with van der Waals surface area (Å²) in [5.74, 6) is 0.972. The molecule has 0 bridgehead atoms. The largest absolute Gasteiger partial charge is 0.300 e. The fourth-order valence-electron chi connectivity index (χ4n) is 1.75. The zero-order valence-electron chi connectivity index (χ0n) is 7.46. The highest BCUT2D eigenvalue weighted by Gasteiger charge is 2.41. The second-order valence-corrected chi connectivity index (χ2v) is 4.05. The zero-order chi connectivity index (χ0) is 9.42. The van der Waals surface area contributed by atoms with E-state index in [1.165, 1.54) is 5.56 Å². The molecule has 2 rings (SSSR count). The second-order valence-electron chi connectivity index (χ2n) is 3.61. The van der Waals surface area contributed by atoms with Gasteiger partial charge in [0, 0.05) is 10.9 Å². The molecular weight excluding hydrogens is 184 g/mol. The van der Waals surface area contributed by atoms with E-state index >= 15 is 0 Å². The average Bonchev–Trinajstić information content (AvgIpc) is 2.82. The van der Waals surface area contributed by atoms with E-state index in [9.17, 15) is 4.79 Å². The third-order valence-corrected chi connectivity index (χ3v) is 2.82. The van der Waals surface area contributed by atoms with Crippen LogP contribution in [-0.4, -0.2) is 5.78 Å². The molecule has 0 N–H and O–H groups in total. The minimum Gasteiger partial charge on any atom is -0.300 e. The Hall–Kier alpha value is -0.820. The number of Topliss-reactive ketones (excluding diaryl/α,β-unsaturated/α-hetero) is 1. The van der Waals surface area contributed by atoms with Crippen molar-refractivity contribution < 1.29 is 4.79 Å². The van der Waals surface area contributed by atoms with E-state index in [1.54, 1.807) is 6.92 Å². The van der Waals surface area contributed by atoms with Crippen LogP contribution < -0.4 is 0 Å². The summed E-state index contributed by atoms with van der Waals surface area (Å²) in [6, 6.07) is 7.79. The Morgan fingerprint density at radius 3 is 2.85 bits per heavy atom. The number of ketones is 1. The fourth-order valence-corrected chi connectivity index (χ4v) is 1.95. The van der Waals surface area contributed by atoms with E-state index in [0.717, 1.165) is 11.4 Å². The zero-order valence-corrected chi connectivity index (χ0v) is 8.21. The summed E-state index contributed by atoms with van der Waals surface area (Å²) < 4.78 is 0. The minimum absolute atomic E-state index is 0.249. The molecule has 1 aromatic rings. The molecule has 0 amide bonds. The molecule has 1 nitrogen and oxygen atoms in total. The first kappa shape index (κ1) is 8.76. The summed E-state index contributed by atoms with van der Waals surface area (Å²) in [6.07, 6.45) is 0.996. The van der Waals surface area contributed by atoms with Gasteiger partial charge in [0.05, 0.1) is 0 Å². The molecule has 13 heavy (non-hydrogen) atoms. The summed E-state index contributed by atoms with van der Waals surface area (Å²) in [7, 11) is 0. The first-order valence-corrected chi connectivity index (χ1v) is 4.82. The standard InChI is InChI=1S/C11H11ClO/c1-7(13)10-6-11(10)8-3-2-4-9(12)5-8/h2-5,10-11H,6H2,1H3/t10-,11-/m0/s1. The summed E-state index contributed by atoms with van der Waals surface area (Å²) in [5.41, 5.74) is 1.20. The first-order valence-electron chi connectivity index (χ1n) is 4.44. The van der Waals surface area contributed by atoms with Crippen LogP contribution in [0, 0.1) is 5.92 Å². The Labute approximate surface area is 82.7 Å². The molecule has 0 aliphatic heterocycles. The van der Waals surface area contributed by atoms with E-state index in [1.807, 2.05) is 24.3 Å². The topological polar surface area (TPSA) is 17.1 Å². The quantitative estimate of drug-likeness (QED) is 0.708. The van der Waals surface area contributed by atoms with E-state index in [2.05, 4.69) is 0 Å². The minimum atomic E-state index is 0.249. The molecule has 68 valence electrons. The molecule has 0 spiro atoms. The van der Waals surface area contributed by atoms with Crippen LogP contribution in [0.3, 0.4) is 0 Å². The van der Waals surface area contributed by atoms with Gasteiger partial charge in [-0.05, 0) is 37.0 Å². The molecule has 1 aliphatic carbocycles. The van der Waals surface area contributed by atoms with Gasteiger partial charge in [-0.15, -0.1) is 0 Å². The van der Waals surface area contributed by atoms with Crippen LogP contribution in [0.25, 0.3) is 0 Å². The van der Waals surface area contributed by atoms with Crippen molar-refractivity contribution in [3.8, 4) is 0 Å². The van der Waals surface area contributed by atoms with Gasteiger partial charge in [0.15, 0.2) is 0 Å². The Morgan fingerprint density at radius 2 is 2.31 bits per heavy atom. The molecule has 0 aromatic heterocycles. The molecule has 1 aromatic carbocycles. The number of hydrogen-bond donors (Lipinski definition) is 0. The molecular formula is C11H11ClO. The molecule has 0 unspecified atom stereocenters. The maximum Gasteiger partial charge on any atom is 0.133 e. The number of hydrogen-bond acceptors (Lipinski definition) is 1. The van der Waals surface area contributed by atoms with Crippen molar-refractivity contribution in [1.29, 1.82) is 0 Å². The normalized spacial score (nSPS) is 25.7. The van der Waals surface area contributed by atoms with Crippen molar-refractivity contribution in [2.24, 2.45) is 5.92 Å². The van der Waals surface area contributed by atoms with E-state index in [4.69, 9.17) is 11.6 Å². The molecule has 0 heterocycles. The number of benzene rings is 1. The Balaban J connectivity index is 2.16. The van der Waals surface area contributed by atoms with Crippen molar-refractivity contribution in [2.75, 3.05) is 0 Å². The third kappa shape index (κ3) is 1.75. The van der Waals surface area contributed by atoms with Crippen LogP contribution in [0.15, 0.2) is 24.3 Å². The molecule has 1 saturated carbocycles. The summed E-state index contributed by atoms with van der Waals surface area (Å²) in [5, 5.41) is 0.756. The number of carbonyl (C=O) groups excluding carboxylic acids is 1. The monoisotopic (exact) mass is 194 g/mol. The van der Waals surface area contributed by atoms with Gasteiger partial charge in [-0.3, -0.25) is 4.79 Å². The SMILES string of the molecule is CC(=O)[C@@H]1C[C@H]1c1cccc(Cl)c1. The van der Waals surface area contributed by atoms with Crippen LogP contribution in [0.4, 0.5) is 0 Å². The second kappa shape index (κ2) is 3.15. The number of rotatable bonds is 2. The highest BCUT2D eigenvalue weighted by Crippen LogP contribution is 2.48. The fraction of sp³-hybridized carbons (Fsp3) is 0.364. The average molecular weight is 195 g/mol. The summed E-state index contributed by atoms with van der Waals surface area (Å²) in [6.45, 7) is 1.66. The van der Waals surface area contributed by atoms with E-state index < -0.39 is 0 Å². The molecule has 2 atom stereocenters. The van der Waals surface area contributed by atoms with Gasteiger partial charge in [-0.1, -0.05) is 23.7 Å². The Bertz CT molecular complexity index is 346. The van der Waals surface area contributed by atoms with Crippen LogP contribution >= 0.6 is 11.6 Å². The lowest BCUT2D eigenvalue weighted by molar-refractivity contribution is -0.118. The van der Waals surface area contributed by atoms with E-state index in [-0.39, 0.29) is 5.92 Å². The van der Waals surface area contributed by atoms with Gasteiger partial charge in [0.2, 0.25) is 0 Å². The van der Waals surface area contributed by atoms with Crippen molar-refractivity contribution >= 4 is 17.4 Å². The van der Waals surface area contributed by atoms with Crippen molar-refractivity contribution in [3.05, 3.63) is 34.9 Å². The van der Waals surface area contributed by atoms with Gasteiger partial charge in [-0.25, -0.2) is 0 Å². The van der Waals surface area contributed by atoms with Crippen LogP contribution in [0.1, 0.15) is 24.8 Å². The molecule has 2 heteroatoms. The van der Waals surface area contributed by atoms with Gasteiger partial charge in [-0.2, -0.15) is 0 Å². The molecule has 0 saturated heterocycles. The predicted octanol–water partition coefficient (Wildman–Crippen LogP) is 3.03. The van der Waals surface area contributed by atoms with Crippen molar-refractivity contribution in [2.45, 2.75) is 19.3 Å². The lowest BCUT2D eigenvalue weighted by atomic mass is 10.1. The Kier molecular flexibility index (Phi) is 2.12. The van der Waals surface area contributed by atoms with Crippen molar-refractivity contribution in [1.82, 2.24) is 0 Å². The maximum absolute atomic E-state index is 11.0. The van der Waals surface area contributed by atoms with Crippen molar-refractivity contribution in [3.63, 3.8) is 0 Å².